The predicted octanol–water partition coefficient (Wildman–Crippen LogP) is 6.43. The Morgan fingerprint density at radius 3 is 2.29 bits per heavy atom. The summed E-state index contributed by atoms with van der Waals surface area (Å²) < 4.78 is 27.8. The number of anilines is 2. The quantitative estimate of drug-likeness (QED) is 0.150. The SMILES string of the molecule is CC(C)CN(CC(C)C)C(C)OCOc1ccnc(N(C)C2CCN(c3nc4ccccc4n3Cc3ccc(F)cc3)CC2)n1. The zero-order valence-electron chi connectivity index (χ0n) is 27.6. The van der Waals surface area contributed by atoms with Gasteiger partial charge in [-0.15, -0.1) is 0 Å². The summed E-state index contributed by atoms with van der Waals surface area (Å²) >= 11 is 0. The highest BCUT2D eigenvalue weighted by molar-refractivity contribution is 5.79. The molecule has 1 unspecified atom stereocenters. The summed E-state index contributed by atoms with van der Waals surface area (Å²) in [5.41, 5.74) is 3.08. The first-order valence-corrected chi connectivity index (χ1v) is 16.2. The minimum absolute atomic E-state index is 0.0483. The lowest BCUT2D eigenvalue weighted by molar-refractivity contribution is -0.107. The standard InChI is InChI=1S/C35H48FN7O2/c1-25(2)21-42(22-26(3)4)27(5)44-24-45-33-15-18-37-34(39-33)40(6)30-16-19-41(20-17-30)35-38-31-9-7-8-10-32(31)43(35)23-28-11-13-29(36)14-12-28/h7-15,18,25-27,30H,16-17,19-24H2,1-6H3. The van der Waals surface area contributed by atoms with E-state index >= 15 is 0 Å². The van der Waals surface area contributed by atoms with Crippen LogP contribution in [0.25, 0.3) is 11.0 Å². The van der Waals surface area contributed by atoms with Gasteiger partial charge in [-0.3, -0.25) is 4.90 Å². The molecule has 9 nitrogen and oxygen atoms in total. The lowest BCUT2D eigenvalue weighted by Crippen LogP contribution is -2.44. The molecule has 0 spiro atoms. The Bertz CT molecular complexity index is 1490. The smallest absolute Gasteiger partial charge is 0.228 e. The van der Waals surface area contributed by atoms with E-state index in [1.54, 1.807) is 12.3 Å². The lowest BCUT2D eigenvalue weighted by atomic mass is 10.0. The zero-order chi connectivity index (χ0) is 31.9. The highest BCUT2D eigenvalue weighted by atomic mass is 19.1. The second kappa shape index (κ2) is 15.0. The van der Waals surface area contributed by atoms with Gasteiger partial charge in [-0.25, -0.2) is 14.4 Å². The van der Waals surface area contributed by atoms with Gasteiger partial charge in [0.1, 0.15) is 12.0 Å². The monoisotopic (exact) mass is 617 g/mol. The molecule has 242 valence electrons. The maximum Gasteiger partial charge on any atom is 0.228 e. The van der Waals surface area contributed by atoms with E-state index in [1.165, 1.54) is 12.1 Å². The molecule has 3 heterocycles. The van der Waals surface area contributed by atoms with E-state index < -0.39 is 0 Å². The lowest BCUT2D eigenvalue weighted by Gasteiger charge is -2.37. The van der Waals surface area contributed by atoms with E-state index in [2.05, 4.69) is 72.0 Å². The topological polar surface area (TPSA) is 71.8 Å². The van der Waals surface area contributed by atoms with E-state index in [0.717, 1.165) is 61.6 Å². The van der Waals surface area contributed by atoms with Gasteiger partial charge in [-0.1, -0.05) is 52.0 Å². The number of halogens is 1. The molecule has 1 aliphatic rings. The normalized spacial score (nSPS) is 15.0. The number of hydrogen-bond donors (Lipinski definition) is 0. The van der Waals surface area contributed by atoms with Gasteiger partial charge in [-0.05, 0) is 61.4 Å². The number of nitrogens with zero attached hydrogens (tertiary/aromatic N) is 7. The molecule has 0 aliphatic carbocycles. The fourth-order valence-electron chi connectivity index (χ4n) is 6.04. The molecular formula is C35H48FN7O2. The molecule has 1 atom stereocenters. The van der Waals surface area contributed by atoms with Crippen LogP contribution < -0.4 is 14.5 Å². The molecule has 0 amide bonds. The molecule has 10 heteroatoms. The van der Waals surface area contributed by atoms with Crippen LogP contribution in [0.5, 0.6) is 5.88 Å². The van der Waals surface area contributed by atoms with Crippen LogP contribution in [0.15, 0.2) is 60.8 Å². The summed E-state index contributed by atoms with van der Waals surface area (Å²) in [6, 6.07) is 17.0. The third-order valence-electron chi connectivity index (χ3n) is 8.35. The van der Waals surface area contributed by atoms with Gasteiger partial charge in [0.15, 0.2) is 6.79 Å². The third kappa shape index (κ3) is 8.49. The zero-order valence-corrected chi connectivity index (χ0v) is 27.6. The van der Waals surface area contributed by atoms with Crippen molar-refractivity contribution in [1.29, 1.82) is 0 Å². The summed E-state index contributed by atoms with van der Waals surface area (Å²) in [6.07, 6.45) is 3.57. The van der Waals surface area contributed by atoms with Crippen molar-refractivity contribution in [1.82, 2.24) is 24.4 Å². The summed E-state index contributed by atoms with van der Waals surface area (Å²) in [5, 5.41) is 0. The van der Waals surface area contributed by atoms with Crippen LogP contribution >= 0.6 is 0 Å². The Morgan fingerprint density at radius 1 is 0.911 bits per heavy atom. The van der Waals surface area contributed by atoms with E-state index in [9.17, 15) is 4.39 Å². The molecule has 1 saturated heterocycles. The van der Waals surface area contributed by atoms with Crippen molar-refractivity contribution in [3.8, 4) is 5.88 Å². The second-order valence-corrected chi connectivity index (χ2v) is 12.9. The van der Waals surface area contributed by atoms with Gasteiger partial charge < -0.3 is 23.8 Å². The van der Waals surface area contributed by atoms with Crippen molar-refractivity contribution >= 4 is 22.9 Å². The van der Waals surface area contributed by atoms with E-state index in [0.29, 0.717) is 30.2 Å². The molecule has 5 rings (SSSR count). The minimum atomic E-state index is -0.227. The van der Waals surface area contributed by atoms with Crippen molar-refractivity contribution in [3.63, 3.8) is 0 Å². The van der Waals surface area contributed by atoms with E-state index in [4.69, 9.17) is 19.4 Å². The molecule has 45 heavy (non-hydrogen) atoms. The van der Waals surface area contributed by atoms with Crippen LogP contribution in [-0.4, -0.2) is 76.7 Å². The number of imidazole rings is 1. The van der Waals surface area contributed by atoms with E-state index in [-0.39, 0.29) is 24.9 Å². The average Bonchev–Trinajstić information content (AvgIpc) is 3.39. The molecule has 0 radical (unpaired) electrons. The van der Waals surface area contributed by atoms with Gasteiger partial charge in [0.05, 0.1) is 17.6 Å². The van der Waals surface area contributed by atoms with Crippen molar-refractivity contribution in [2.24, 2.45) is 11.8 Å². The number of rotatable bonds is 14. The summed E-state index contributed by atoms with van der Waals surface area (Å²) in [5.74, 6) is 2.99. The second-order valence-electron chi connectivity index (χ2n) is 12.9. The van der Waals surface area contributed by atoms with Crippen molar-refractivity contribution in [2.75, 3.05) is 49.8 Å². The van der Waals surface area contributed by atoms with Crippen LogP contribution in [0.2, 0.25) is 0 Å². The molecule has 2 aromatic heterocycles. The molecule has 0 N–H and O–H groups in total. The van der Waals surface area contributed by atoms with Gasteiger partial charge in [-0.2, -0.15) is 4.98 Å². The van der Waals surface area contributed by atoms with Crippen LogP contribution in [0, 0.1) is 17.7 Å². The predicted molar refractivity (Wildman–Crippen MR) is 178 cm³/mol. The number of benzene rings is 2. The maximum absolute atomic E-state index is 13.6. The summed E-state index contributed by atoms with van der Waals surface area (Å²) in [4.78, 5) is 21.1. The Hall–Kier alpha value is -3.76. The number of para-hydroxylation sites is 2. The van der Waals surface area contributed by atoms with Crippen molar-refractivity contribution < 1.29 is 13.9 Å². The number of piperidine rings is 1. The van der Waals surface area contributed by atoms with Gasteiger partial charge in [0, 0.05) is 51.5 Å². The van der Waals surface area contributed by atoms with Crippen LogP contribution in [0.1, 0.15) is 53.0 Å². The summed E-state index contributed by atoms with van der Waals surface area (Å²) in [6.45, 7) is 15.4. The largest absolute Gasteiger partial charge is 0.450 e. The molecule has 0 bridgehead atoms. The number of fused-ring (bicyclic) bond motifs is 1. The maximum atomic E-state index is 13.6. The molecular weight excluding hydrogens is 569 g/mol. The molecule has 2 aromatic carbocycles. The molecule has 0 saturated carbocycles. The number of aromatic nitrogens is 4. The van der Waals surface area contributed by atoms with Gasteiger partial charge in [0.25, 0.3) is 0 Å². The highest BCUT2D eigenvalue weighted by Gasteiger charge is 2.27. The number of ether oxygens (including phenoxy) is 2. The third-order valence-corrected chi connectivity index (χ3v) is 8.35. The Morgan fingerprint density at radius 2 is 1.60 bits per heavy atom. The average molecular weight is 618 g/mol. The van der Waals surface area contributed by atoms with Crippen LogP contribution in [-0.2, 0) is 11.3 Å². The van der Waals surface area contributed by atoms with Gasteiger partial charge in [0.2, 0.25) is 17.8 Å². The van der Waals surface area contributed by atoms with Crippen molar-refractivity contribution in [2.45, 2.75) is 66.3 Å². The Balaban J connectivity index is 1.19. The fraction of sp³-hybridized carbons (Fsp3) is 0.514. The van der Waals surface area contributed by atoms with Gasteiger partial charge >= 0.3 is 0 Å². The highest BCUT2D eigenvalue weighted by Crippen LogP contribution is 2.28. The van der Waals surface area contributed by atoms with Crippen LogP contribution in [0.3, 0.4) is 0 Å². The first kappa shape index (κ1) is 32.6. The number of hydrogen-bond acceptors (Lipinski definition) is 8. The first-order valence-electron chi connectivity index (χ1n) is 16.2. The Kier molecular flexibility index (Phi) is 10.9. The summed E-state index contributed by atoms with van der Waals surface area (Å²) in [7, 11) is 2.05. The van der Waals surface area contributed by atoms with Crippen LogP contribution in [0.4, 0.5) is 16.3 Å². The van der Waals surface area contributed by atoms with E-state index in [1.807, 2.05) is 30.3 Å². The molecule has 4 aromatic rings. The minimum Gasteiger partial charge on any atom is -0.450 e. The first-order chi connectivity index (χ1) is 21.7. The molecule has 1 fully saturated rings. The molecule has 1 aliphatic heterocycles. The fourth-order valence-corrected chi connectivity index (χ4v) is 6.04. The van der Waals surface area contributed by atoms with Crippen molar-refractivity contribution in [3.05, 3.63) is 72.2 Å². The Labute approximate surface area is 267 Å².